The van der Waals surface area contributed by atoms with Crippen molar-refractivity contribution in [3.8, 4) is 5.75 Å². The van der Waals surface area contributed by atoms with Gasteiger partial charge in [0.25, 0.3) is 0 Å². The van der Waals surface area contributed by atoms with E-state index < -0.39 is 5.82 Å². The summed E-state index contributed by atoms with van der Waals surface area (Å²) in [6, 6.07) is 6.90. The number of nitrogens with zero attached hydrogens (tertiary/aromatic N) is 1. The fourth-order valence-corrected chi connectivity index (χ4v) is 1.54. The summed E-state index contributed by atoms with van der Waals surface area (Å²) in [4.78, 5) is 15.6. The summed E-state index contributed by atoms with van der Waals surface area (Å²) < 4.78 is 13.0. The average molecular weight is 246 g/mol. The second-order valence-corrected chi connectivity index (χ2v) is 3.78. The van der Waals surface area contributed by atoms with Gasteiger partial charge in [0.1, 0.15) is 11.6 Å². The number of phenolic OH excluding ortho intramolecular Hbond substituents is 1. The number of phenols is 1. The number of halogens is 1. The highest BCUT2D eigenvalue weighted by atomic mass is 19.1. The van der Waals surface area contributed by atoms with Crippen LogP contribution in [0.1, 0.15) is 5.56 Å². The van der Waals surface area contributed by atoms with E-state index in [1.54, 1.807) is 24.5 Å². The van der Waals surface area contributed by atoms with Gasteiger partial charge in [-0.25, -0.2) is 4.39 Å². The number of aromatic hydroxyl groups is 1. The summed E-state index contributed by atoms with van der Waals surface area (Å²) in [6.07, 6.45) is 3.35. The van der Waals surface area contributed by atoms with Crippen molar-refractivity contribution >= 4 is 11.6 Å². The van der Waals surface area contributed by atoms with E-state index in [0.29, 0.717) is 0 Å². The van der Waals surface area contributed by atoms with Crippen molar-refractivity contribution in [3.05, 3.63) is 54.1 Å². The first-order chi connectivity index (χ1) is 8.63. The standard InChI is InChI=1S/C13H11FN2O2/c14-10-5-11(7-12(17)6-10)16-13(18)4-9-2-1-3-15-8-9/h1-3,5-8,17H,4H2,(H,16,18). The predicted molar refractivity (Wildman–Crippen MR) is 64.6 cm³/mol. The van der Waals surface area contributed by atoms with Gasteiger partial charge in [0.05, 0.1) is 6.42 Å². The van der Waals surface area contributed by atoms with Gasteiger partial charge in [-0.2, -0.15) is 0 Å². The molecule has 2 aromatic rings. The second kappa shape index (κ2) is 5.27. The molecule has 0 aliphatic carbocycles. The number of carbonyl (C=O) groups excluding carboxylic acids is 1. The SMILES string of the molecule is O=C(Cc1cccnc1)Nc1cc(O)cc(F)c1. The average Bonchev–Trinajstić information content (AvgIpc) is 2.28. The zero-order valence-electron chi connectivity index (χ0n) is 9.43. The van der Waals surface area contributed by atoms with Crippen LogP contribution in [0, 0.1) is 5.82 Å². The number of benzene rings is 1. The van der Waals surface area contributed by atoms with Crippen molar-refractivity contribution < 1.29 is 14.3 Å². The van der Waals surface area contributed by atoms with Crippen molar-refractivity contribution in [2.75, 3.05) is 5.32 Å². The van der Waals surface area contributed by atoms with Crippen molar-refractivity contribution in [2.45, 2.75) is 6.42 Å². The fraction of sp³-hybridized carbons (Fsp3) is 0.0769. The van der Waals surface area contributed by atoms with Gasteiger partial charge >= 0.3 is 0 Å². The molecule has 2 N–H and O–H groups in total. The fourth-order valence-electron chi connectivity index (χ4n) is 1.54. The highest BCUT2D eigenvalue weighted by Crippen LogP contribution is 2.18. The maximum Gasteiger partial charge on any atom is 0.228 e. The maximum absolute atomic E-state index is 13.0. The molecule has 2 rings (SSSR count). The molecule has 92 valence electrons. The van der Waals surface area contributed by atoms with Crippen LogP contribution in [0.25, 0.3) is 0 Å². The van der Waals surface area contributed by atoms with Gasteiger partial charge in [0.15, 0.2) is 0 Å². The molecular weight excluding hydrogens is 235 g/mol. The first-order valence-electron chi connectivity index (χ1n) is 5.32. The minimum atomic E-state index is -0.605. The van der Waals surface area contributed by atoms with Gasteiger partial charge in [0.2, 0.25) is 5.91 Å². The van der Waals surface area contributed by atoms with Crippen LogP contribution in [-0.2, 0) is 11.2 Å². The second-order valence-electron chi connectivity index (χ2n) is 3.78. The quantitative estimate of drug-likeness (QED) is 0.871. The molecular formula is C13H11FN2O2. The number of pyridine rings is 1. The van der Waals surface area contributed by atoms with Crippen LogP contribution in [-0.4, -0.2) is 16.0 Å². The minimum Gasteiger partial charge on any atom is -0.508 e. The number of nitrogens with one attached hydrogen (secondary N) is 1. The van der Waals surface area contributed by atoms with Gasteiger partial charge < -0.3 is 10.4 Å². The van der Waals surface area contributed by atoms with E-state index in [1.807, 2.05) is 0 Å². The highest BCUT2D eigenvalue weighted by Gasteiger charge is 2.06. The van der Waals surface area contributed by atoms with Crippen LogP contribution in [0.3, 0.4) is 0 Å². The Morgan fingerprint density at radius 3 is 2.89 bits per heavy atom. The normalized spacial score (nSPS) is 10.1. The summed E-state index contributed by atoms with van der Waals surface area (Å²) in [5.74, 6) is -1.13. The van der Waals surface area contributed by atoms with E-state index in [0.717, 1.165) is 17.7 Å². The van der Waals surface area contributed by atoms with Gasteiger partial charge in [-0.3, -0.25) is 9.78 Å². The molecule has 0 saturated carbocycles. The van der Waals surface area contributed by atoms with Crippen LogP contribution in [0.15, 0.2) is 42.7 Å². The van der Waals surface area contributed by atoms with E-state index in [9.17, 15) is 14.3 Å². The van der Waals surface area contributed by atoms with E-state index in [1.165, 1.54) is 6.07 Å². The van der Waals surface area contributed by atoms with Crippen molar-refractivity contribution in [2.24, 2.45) is 0 Å². The lowest BCUT2D eigenvalue weighted by Crippen LogP contribution is -2.14. The molecule has 0 saturated heterocycles. The Bertz CT molecular complexity index is 538. The van der Waals surface area contributed by atoms with Gasteiger partial charge in [-0.15, -0.1) is 0 Å². The molecule has 0 fully saturated rings. The molecule has 1 aromatic heterocycles. The van der Waals surface area contributed by atoms with Gasteiger partial charge in [0, 0.05) is 30.2 Å². The highest BCUT2D eigenvalue weighted by molar-refractivity contribution is 5.92. The van der Waals surface area contributed by atoms with Crippen molar-refractivity contribution in [1.82, 2.24) is 4.98 Å². The number of hydrogen-bond acceptors (Lipinski definition) is 3. The van der Waals surface area contributed by atoms with E-state index >= 15 is 0 Å². The summed E-state index contributed by atoms with van der Waals surface area (Å²) in [6.45, 7) is 0. The molecule has 0 atom stereocenters. The number of hydrogen-bond donors (Lipinski definition) is 2. The Morgan fingerprint density at radius 2 is 2.22 bits per heavy atom. The molecule has 1 heterocycles. The molecule has 0 radical (unpaired) electrons. The van der Waals surface area contributed by atoms with Crippen LogP contribution in [0.5, 0.6) is 5.75 Å². The van der Waals surface area contributed by atoms with Crippen LogP contribution in [0.2, 0.25) is 0 Å². The Morgan fingerprint density at radius 1 is 1.39 bits per heavy atom. The van der Waals surface area contributed by atoms with Crippen LogP contribution < -0.4 is 5.32 Å². The molecule has 0 unspecified atom stereocenters. The number of amides is 1. The van der Waals surface area contributed by atoms with Crippen molar-refractivity contribution in [1.29, 1.82) is 0 Å². The molecule has 0 spiro atoms. The lowest BCUT2D eigenvalue weighted by molar-refractivity contribution is -0.115. The van der Waals surface area contributed by atoms with Gasteiger partial charge in [-0.05, 0) is 17.7 Å². The van der Waals surface area contributed by atoms with Crippen LogP contribution in [0.4, 0.5) is 10.1 Å². The number of aromatic nitrogens is 1. The molecule has 0 aliphatic heterocycles. The molecule has 0 bridgehead atoms. The molecule has 18 heavy (non-hydrogen) atoms. The Kier molecular flexibility index (Phi) is 3.52. The Labute approximate surface area is 103 Å². The zero-order valence-corrected chi connectivity index (χ0v) is 9.43. The van der Waals surface area contributed by atoms with E-state index in [4.69, 9.17) is 0 Å². The summed E-state index contributed by atoms with van der Waals surface area (Å²) in [5, 5.41) is 11.7. The minimum absolute atomic E-state index is 0.144. The molecule has 5 heteroatoms. The third-order valence-electron chi connectivity index (χ3n) is 2.25. The lowest BCUT2D eigenvalue weighted by atomic mass is 10.2. The maximum atomic E-state index is 13.0. The lowest BCUT2D eigenvalue weighted by Gasteiger charge is -2.05. The smallest absolute Gasteiger partial charge is 0.228 e. The predicted octanol–water partition coefficient (Wildman–Crippen LogP) is 2.11. The Balaban J connectivity index is 2.03. The molecule has 4 nitrogen and oxygen atoms in total. The van der Waals surface area contributed by atoms with E-state index in [2.05, 4.69) is 10.3 Å². The summed E-state index contributed by atoms with van der Waals surface area (Å²) in [5.41, 5.74) is 0.983. The summed E-state index contributed by atoms with van der Waals surface area (Å²) in [7, 11) is 0. The number of carbonyl (C=O) groups is 1. The van der Waals surface area contributed by atoms with Crippen LogP contribution >= 0.6 is 0 Å². The molecule has 1 aromatic carbocycles. The largest absolute Gasteiger partial charge is 0.508 e. The topological polar surface area (TPSA) is 62.2 Å². The first kappa shape index (κ1) is 12.0. The van der Waals surface area contributed by atoms with Crippen molar-refractivity contribution in [3.63, 3.8) is 0 Å². The zero-order chi connectivity index (χ0) is 13.0. The first-order valence-corrected chi connectivity index (χ1v) is 5.32. The Hall–Kier alpha value is -2.43. The summed E-state index contributed by atoms with van der Waals surface area (Å²) >= 11 is 0. The monoisotopic (exact) mass is 246 g/mol. The van der Waals surface area contributed by atoms with Gasteiger partial charge in [-0.1, -0.05) is 6.07 Å². The molecule has 0 aliphatic rings. The number of anilines is 1. The molecule has 1 amide bonds. The third kappa shape index (κ3) is 3.28. The third-order valence-corrected chi connectivity index (χ3v) is 2.25. The number of rotatable bonds is 3. The van der Waals surface area contributed by atoms with E-state index in [-0.39, 0.29) is 23.8 Å².